The lowest BCUT2D eigenvalue weighted by Crippen LogP contribution is -2.42. The summed E-state index contributed by atoms with van der Waals surface area (Å²) in [6, 6.07) is -0.181. The summed E-state index contributed by atoms with van der Waals surface area (Å²) >= 11 is 0. The molecular formula is C13H20N2O3. The molecule has 5 heteroatoms. The topological polar surface area (TPSA) is 72.8 Å². The number of nitrogens with one attached hydrogen (secondary N) is 1. The first kappa shape index (κ1) is 12.1. The fourth-order valence-electron chi connectivity index (χ4n) is 3.42. The quantitative estimate of drug-likeness (QED) is 0.529. The van der Waals surface area contributed by atoms with Crippen LogP contribution in [0.2, 0.25) is 0 Å². The Morgan fingerprint density at radius 3 is 2.28 bits per heavy atom. The first-order valence-electron chi connectivity index (χ1n) is 6.70. The van der Waals surface area contributed by atoms with Crippen molar-refractivity contribution in [1.29, 1.82) is 0 Å². The molecule has 0 aromatic carbocycles. The zero-order chi connectivity index (χ0) is 12.7. The molecule has 1 aliphatic carbocycles. The van der Waals surface area contributed by atoms with Crippen LogP contribution < -0.4 is 5.32 Å². The van der Waals surface area contributed by atoms with E-state index in [0.717, 1.165) is 19.6 Å². The van der Waals surface area contributed by atoms with Crippen LogP contribution in [0.25, 0.3) is 0 Å². The molecule has 0 aromatic heterocycles. The third-order valence-electron chi connectivity index (χ3n) is 4.47. The van der Waals surface area contributed by atoms with Crippen molar-refractivity contribution in [3.63, 3.8) is 0 Å². The highest BCUT2D eigenvalue weighted by Crippen LogP contribution is 2.36. The molecule has 5 unspecified atom stereocenters. The van der Waals surface area contributed by atoms with Gasteiger partial charge in [-0.05, 0) is 24.7 Å². The zero-order valence-electron chi connectivity index (χ0n) is 10.3. The van der Waals surface area contributed by atoms with Gasteiger partial charge in [-0.1, -0.05) is 12.2 Å². The number of amides is 1. The van der Waals surface area contributed by atoms with E-state index in [1.54, 1.807) is 0 Å². The maximum absolute atomic E-state index is 12.2. The fourth-order valence-corrected chi connectivity index (χ4v) is 3.42. The highest BCUT2D eigenvalue weighted by Gasteiger charge is 2.43. The molecule has 2 aliphatic heterocycles. The summed E-state index contributed by atoms with van der Waals surface area (Å²) in [5.41, 5.74) is 0. The van der Waals surface area contributed by atoms with Gasteiger partial charge in [0.25, 0.3) is 0 Å². The number of aliphatic hydroxyl groups is 2. The second-order valence-electron chi connectivity index (χ2n) is 5.68. The Morgan fingerprint density at radius 1 is 1.17 bits per heavy atom. The van der Waals surface area contributed by atoms with Gasteiger partial charge in [-0.15, -0.1) is 0 Å². The van der Waals surface area contributed by atoms with Gasteiger partial charge >= 0.3 is 0 Å². The molecule has 18 heavy (non-hydrogen) atoms. The summed E-state index contributed by atoms with van der Waals surface area (Å²) in [7, 11) is 0. The van der Waals surface area contributed by atoms with Crippen LogP contribution in [0.1, 0.15) is 12.8 Å². The van der Waals surface area contributed by atoms with Gasteiger partial charge in [-0.25, -0.2) is 0 Å². The lowest BCUT2D eigenvalue weighted by atomic mass is 9.79. The van der Waals surface area contributed by atoms with Gasteiger partial charge in [0.1, 0.15) is 6.04 Å². The summed E-state index contributed by atoms with van der Waals surface area (Å²) in [4.78, 5) is 14.1. The molecular weight excluding hydrogens is 232 g/mol. The van der Waals surface area contributed by atoms with E-state index in [-0.39, 0.29) is 11.9 Å². The van der Waals surface area contributed by atoms with Crippen molar-refractivity contribution in [2.45, 2.75) is 31.1 Å². The van der Waals surface area contributed by atoms with E-state index in [2.05, 4.69) is 5.32 Å². The number of carbonyl (C=O) groups excluding carboxylic acids is 1. The molecule has 1 saturated heterocycles. The SMILES string of the molecule is O=C(C1C=CCN1)N1CC2CC(O)C(O)CC2C1. The van der Waals surface area contributed by atoms with Gasteiger partial charge in [0.05, 0.1) is 12.2 Å². The van der Waals surface area contributed by atoms with Gasteiger partial charge in [-0.2, -0.15) is 0 Å². The Bertz CT molecular complexity index is 353. The van der Waals surface area contributed by atoms with Crippen molar-refractivity contribution in [3.8, 4) is 0 Å². The van der Waals surface area contributed by atoms with Crippen molar-refractivity contribution >= 4 is 5.91 Å². The largest absolute Gasteiger partial charge is 0.390 e. The van der Waals surface area contributed by atoms with Gasteiger partial charge in [0.2, 0.25) is 5.91 Å². The Kier molecular flexibility index (Phi) is 3.13. The van der Waals surface area contributed by atoms with Crippen molar-refractivity contribution in [2.24, 2.45) is 11.8 Å². The van der Waals surface area contributed by atoms with Crippen LogP contribution in [-0.2, 0) is 4.79 Å². The van der Waals surface area contributed by atoms with Crippen molar-refractivity contribution in [1.82, 2.24) is 10.2 Å². The molecule has 0 bridgehead atoms. The summed E-state index contributed by atoms with van der Waals surface area (Å²) in [5.74, 6) is 0.817. The lowest BCUT2D eigenvalue weighted by molar-refractivity contribution is -0.131. The normalized spacial score (nSPS) is 43.2. The number of rotatable bonds is 1. The van der Waals surface area contributed by atoms with Crippen molar-refractivity contribution < 1.29 is 15.0 Å². The summed E-state index contributed by atoms with van der Waals surface area (Å²) in [6.45, 7) is 2.20. The standard InChI is InChI=1S/C13H20N2O3/c16-11-4-8-6-15(7-9(8)5-12(11)17)13(18)10-2-1-3-14-10/h1-2,8-12,14,16-17H,3-7H2. The monoisotopic (exact) mass is 252 g/mol. The van der Waals surface area contributed by atoms with Crippen molar-refractivity contribution in [2.75, 3.05) is 19.6 Å². The number of aliphatic hydroxyl groups excluding tert-OH is 2. The first-order valence-corrected chi connectivity index (χ1v) is 6.70. The molecule has 5 nitrogen and oxygen atoms in total. The van der Waals surface area contributed by atoms with Crippen molar-refractivity contribution in [3.05, 3.63) is 12.2 Å². The predicted molar refractivity (Wildman–Crippen MR) is 65.7 cm³/mol. The zero-order valence-corrected chi connectivity index (χ0v) is 10.3. The minimum Gasteiger partial charge on any atom is -0.390 e. The summed E-state index contributed by atoms with van der Waals surface area (Å²) < 4.78 is 0. The van der Waals surface area contributed by atoms with Gasteiger partial charge in [0.15, 0.2) is 0 Å². The Balaban J connectivity index is 1.64. The average molecular weight is 252 g/mol. The molecule has 0 radical (unpaired) electrons. The molecule has 1 saturated carbocycles. The van der Waals surface area contributed by atoms with E-state index in [0.29, 0.717) is 24.7 Å². The predicted octanol–water partition coefficient (Wildman–Crippen LogP) is -0.895. The Hall–Kier alpha value is -0.910. The van der Waals surface area contributed by atoms with Crippen LogP contribution in [0.5, 0.6) is 0 Å². The minimum absolute atomic E-state index is 0.127. The fraction of sp³-hybridized carbons (Fsp3) is 0.769. The van der Waals surface area contributed by atoms with E-state index in [1.165, 1.54) is 0 Å². The minimum atomic E-state index is -0.620. The van der Waals surface area contributed by atoms with E-state index in [9.17, 15) is 15.0 Å². The maximum atomic E-state index is 12.2. The summed E-state index contributed by atoms with van der Waals surface area (Å²) in [6.07, 6.45) is 3.87. The molecule has 2 fully saturated rings. The van der Waals surface area contributed by atoms with E-state index < -0.39 is 12.2 Å². The highest BCUT2D eigenvalue weighted by atomic mass is 16.3. The van der Waals surface area contributed by atoms with Gasteiger partial charge in [0, 0.05) is 19.6 Å². The molecule has 1 amide bonds. The molecule has 0 spiro atoms. The maximum Gasteiger partial charge on any atom is 0.243 e. The van der Waals surface area contributed by atoms with E-state index in [1.807, 2.05) is 17.1 Å². The number of hydrogen-bond acceptors (Lipinski definition) is 4. The second-order valence-corrected chi connectivity index (χ2v) is 5.68. The van der Waals surface area contributed by atoms with E-state index in [4.69, 9.17) is 0 Å². The molecule has 5 atom stereocenters. The Morgan fingerprint density at radius 2 is 1.78 bits per heavy atom. The number of likely N-dealkylation sites (tertiary alicyclic amines) is 1. The molecule has 2 heterocycles. The number of hydrogen-bond donors (Lipinski definition) is 3. The van der Waals surface area contributed by atoms with Crippen LogP contribution in [0.3, 0.4) is 0 Å². The van der Waals surface area contributed by atoms with Crippen LogP contribution in [0.4, 0.5) is 0 Å². The lowest BCUT2D eigenvalue weighted by Gasteiger charge is -2.31. The number of carbonyl (C=O) groups is 1. The smallest absolute Gasteiger partial charge is 0.243 e. The van der Waals surface area contributed by atoms with Gasteiger partial charge < -0.3 is 15.1 Å². The Labute approximate surface area is 106 Å². The van der Waals surface area contributed by atoms with Crippen LogP contribution >= 0.6 is 0 Å². The average Bonchev–Trinajstić information content (AvgIpc) is 2.97. The molecule has 3 rings (SSSR count). The van der Waals surface area contributed by atoms with E-state index >= 15 is 0 Å². The molecule has 100 valence electrons. The first-order chi connectivity index (χ1) is 8.65. The second kappa shape index (κ2) is 4.64. The molecule has 3 aliphatic rings. The summed E-state index contributed by atoms with van der Waals surface area (Å²) in [5, 5.41) is 22.5. The number of nitrogens with zero attached hydrogens (tertiary/aromatic N) is 1. The van der Waals surface area contributed by atoms with Crippen LogP contribution in [0, 0.1) is 11.8 Å². The molecule has 0 aromatic rings. The molecule has 3 N–H and O–H groups in total. The third kappa shape index (κ3) is 2.06. The van der Waals surface area contributed by atoms with Gasteiger partial charge in [-0.3, -0.25) is 10.1 Å². The number of fused-ring (bicyclic) bond motifs is 1. The van der Waals surface area contributed by atoms with Crippen LogP contribution in [0.15, 0.2) is 12.2 Å². The van der Waals surface area contributed by atoms with Crippen LogP contribution in [-0.4, -0.2) is 58.9 Å². The third-order valence-corrected chi connectivity index (χ3v) is 4.47. The highest BCUT2D eigenvalue weighted by molar-refractivity contribution is 5.84.